The summed E-state index contributed by atoms with van der Waals surface area (Å²) in [5, 5.41) is 15.9. The van der Waals surface area contributed by atoms with Crippen LogP contribution in [0.3, 0.4) is 0 Å². The van der Waals surface area contributed by atoms with Gasteiger partial charge in [-0.1, -0.05) is 24.5 Å². The van der Waals surface area contributed by atoms with E-state index in [-0.39, 0.29) is 18.1 Å². The van der Waals surface area contributed by atoms with Gasteiger partial charge in [0, 0.05) is 13.6 Å². The van der Waals surface area contributed by atoms with Gasteiger partial charge in [-0.25, -0.2) is 9.48 Å². The minimum atomic E-state index is -1.14. The maximum absolute atomic E-state index is 12.1. The number of carboxylic acids is 1. The summed E-state index contributed by atoms with van der Waals surface area (Å²) in [6.45, 7) is 0.794. The third-order valence-electron chi connectivity index (χ3n) is 3.74. The number of amides is 1. The van der Waals surface area contributed by atoms with Crippen molar-refractivity contribution in [1.29, 1.82) is 0 Å². The van der Waals surface area contributed by atoms with Crippen LogP contribution in [-0.4, -0.2) is 50.5 Å². The van der Waals surface area contributed by atoms with Crippen molar-refractivity contribution in [3.05, 3.63) is 11.9 Å². The molecule has 1 saturated carbocycles. The van der Waals surface area contributed by atoms with E-state index >= 15 is 0 Å². The average molecular weight is 280 g/mol. The predicted octanol–water partition coefficient (Wildman–Crippen LogP) is 1.01. The van der Waals surface area contributed by atoms with Gasteiger partial charge in [0.15, 0.2) is 5.69 Å². The van der Waals surface area contributed by atoms with Gasteiger partial charge in [0.25, 0.3) is 0 Å². The highest BCUT2D eigenvalue weighted by Gasteiger charge is 2.19. The molecular weight excluding hydrogens is 260 g/mol. The highest BCUT2D eigenvalue weighted by atomic mass is 16.4. The molecule has 0 unspecified atom stereocenters. The van der Waals surface area contributed by atoms with Crippen molar-refractivity contribution in [2.24, 2.45) is 5.92 Å². The summed E-state index contributed by atoms with van der Waals surface area (Å²) in [4.78, 5) is 24.4. The lowest BCUT2D eigenvalue weighted by Gasteiger charge is -2.27. The summed E-state index contributed by atoms with van der Waals surface area (Å²) in [5.74, 6) is -0.625. The van der Waals surface area contributed by atoms with Crippen LogP contribution in [0.2, 0.25) is 0 Å². The molecule has 2 rings (SSSR count). The molecule has 1 N–H and O–H groups in total. The summed E-state index contributed by atoms with van der Waals surface area (Å²) >= 11 is 0. The second kappa shape index (κ2) is 6.49. The quantitative estimate of drug-likeness (QED) is 0.869. The molecule has 0 bridgehead atoms. The highest BCUT2D eigenvalue weighted by Crippen LogP contribution is 2.24. The second-order valence-electron chi connectivity index (χ2n) is 5.38. The van der Waals surface area contributed by atoms with Gasteiger partial charge in [-0.2, -0.15) is 0 Å². The van der Waals surface area contributed by atoms with E-state index in [1.54, 1.807) is 11.9 Å². The number of hydrogen-bond donors (Lipinski definition) is 1. The maximum Gasteiger partial charge on any atom is 0.358 e. The van der Waals surface area contributed by atoms with E-state index < -0.39 is 5.97 Å². The van der Waals surface area contributed by atoms with E-state index in [0.717, 1.165) is 6.54 Å². The summed E-state index contributed by atoms with van der Waals surface area (Å²) < 4.78 is 1.27. The maximum atomic E-state index is 12.1. The Kier molecular flexibility index (Phi) is 4.70. The zero-order chi connectivity index (χ0) is 14.5. The second-order valence-corrected chi connectivity index (χ2v) is 5.38. The van der Waals surface area contributed by atoms with Gasteiger partial charge in [0.2, 0.25) is 5.91 Å². The molecule has 1 aliphatic rings. The first-order valence-corrected chi connectivity index (χ1v) is 6.93. The lowest BCUT2D eigenvalue weighted by Crippen LogP contribution is -2.35. The zero-order valence-electron chi connectivity index (χ0n) is 11.7. The molecule has 1 aromatic rings. The number of carboxylic acid groups (broad SMARTS) is 1. The fourth-order valence-corrected chi connectivity index (χ4v) is 2.59. The number of carbonyl (C=O) groups is 2. The van der Waals surface area contributed by atoms with Crippen LogP contribution in [0.4, 0.5) is 0 Å². The molecule has 0 atom stereocenters. The van der Waals surface area contributed by atoms with E-state index in [4.69, 9.17) is 5.11 Å². The summed E-state index contributed by atoms with van der Waals surface area (Å²) in [6.07, 6.45) is 7.43. The number of rotatable bonds is 5. The van der Waals surface area contributed by atoms with Crippen LogP contribution in [0.1, 0.15) is 42.6 Å². The number of likely N-dealkylation sites (N-methyl/N-ethyl adjacent to an activating group) is 1. The average Bonchev–Trinajstić information content (AvgIpc) is 2.88. The van der Waals surface area contributed by atoms with E-state index in [0.29, 0.717) is 5.92 Å². The largest absolute Gasteiger partial charge is 0.476 e. The lowest BCUT2D eigenvalue weighted by molar-refractivity contribution is -0.131. The molecule has 1 aromatic heterocycles. The SMILES string of the molecule is CN(CC1CCCCC1)C(=O)Cn1cc(C(=O)O)nn1. The van der Waals surface area contributed by atoms with E-state index in [1.807, 2.05) is 0 Å². The first-order chi connectivity index (χ1) is 9.56. The van der Waals surface area contributed by atoms with Crippen LogP contribution in [0, 0.1) is 5.92 Å². The molecule has 1 amide bonds. The van der Waals surface area contributed by atoms with Gasteiger partial charge in [-0.15, -0.1) is 5.10 Å². The Morgan fingerprint density at radius 1 is 1.40 bits per heavy atom. The van der Waals surface area contributed by atoms with Crippen molar-refractivity contribution in [1.82, 2.24) is 19.9 Å². The zero-order valence-corrected chi connectivity index (χ0v) is 11.7. The van der Waals surface area contributed by atoms with Gasteiger partial charge in [0.05, 0.1) is 6.20 Å². The van der Waals surface area contributed by atoms with Gasteiger partial charge < -0.3 is 10.0 Å². The van der Waals surface area contributed by atoms with Crippen LogP contribution in [0.25, 0.3) is 0 Å². The monoisotopic (exact) mass is 280 g/mol. The van der Waals surface area contributed by atoms with E-state index in [1.165, 1.54) is 43.0 Å². The Bertz CT molecular complexity index is 480. The highest BCUT2D eigenvalue weighted by molar-refractivity contribution is 5.84. The minimum Gasteiger partial charge on any atom is -0.476 e. The van der Waals surface area contributed by atoms with Gasteiger partial charge in [-0.05, 0) is 18.8 Å². The third kappa shape index (κ3) is 3.79. The van der Waals surface area contributed by atoms with Gasteiger partial charge >= 0.3 is 5.97 Å². The first-order valence-electron chi connectivity index (χ1n) is 6.93. The fourth-order valence-electron chi connectivity index (χ4n) is 2.59. The van der Waals surface area contributed by atoms with Gasteiger partial charge in [-0.3, -0.25) is 4.79 Å². The molecule has 1 aliphatic carbocycles. The number of carbonyl (C=O) groups excluding carboxylic acids is 1. The standard InChI is InChI=1S/C13H20N4O3/c1-16(7-10-5-3-2-4-6-10)12(18)9-17-8-11(13(19)20)14-15-17/h8,10H,2-7,9H2,1H3,(H,19,20). The molecule has 0 spiro atoms. The Hall–Kier alpha value is -1.92. The van der Waals surface area contributed by atoms with Crippen LogP contribution >= 0.6 is 0 Å². The van der Waals surface area contributed by atoms with Gasteiger partial charge in [0.1, 0.15) is 6.54 Å². The number of aromatic carboxylic acids is 1. The molecule has 0 aliphatic heterocycles. The number of aromatic nitrogens is 3. The molecule has 7 nitrogen and oxygen atoms in total. The fraction of sp³-hybridized carbons (Fsp3) is 0.692. The third-order valence-corrected chi connectivity index (χ3v) is 3.74. The molecule has 0 radical (unpaired) electrons. The Morgan fingerprint density at radius 2 is 2.10 bits per heavy atom. The molecule has 110 valence electrons. The van der Waals surface area contributed by atoms with Crippen molar-refractivity contribution in [2.75, 3.05) is 13.6 Å². The topological polar surface area (TPSA) is 88.3 Å². The van der Waals surface area contributed by atoms with Crippen LogP contribution < -0.4 is 0 Å². The summed E-state index contributed by atoms with van der Waals surface area (Å²) in [6, 6.07) is 0. The Balaban J connectivity index is 1.84. The molecule has 7 heteroatoms. The number of nitrogens with zero attached hydrogens (tertiary/aromatic N) is 4. The van der Waals surface area contributed by atoms with Crippen molar-refractivity contribution in [3.63, 3.8) is 0 Å². The Morgan fingerprint density at radius 3 is 2.70 bits per heavy atom. The van der Waals surface area contributed by atoms with Crippen molar-refractivity contribution >= 4 is 11.9 Å². The van der Waals surface area contributed by atoms with E-state index in [9.17, 15) is 9.59 Å². The Labute approximate surface area is 117 Å². The molecule has 20 heavy (non-hydrogen) atoms. The normalized spacial score (nSPS) is 16.1. The van der Waals surface area contributed by atoms with Crippen LogP contribution in [0.5, 0.6) is 0 Å². The summed E-state index contributed by atoms with van der Waals surface area (Å²) in [5.41, 5.74) is -0.146. The lowest BCUT2D eigenvalue weighted by atomic mass is 9.89. The first kappa shape index (κ1) is 14.5. The van der Waals surface area contributed by atoms with E-state index in [2.05, 4.69) is 10.3 Å². The van der Waals surface area contributed by atoms with Crippen molar-refractivity contribution in [3.8, 4) is 0 Å². The minimum absolute atomic E-state index is 0.0312. The summed E-state index contributed by atoms with van der Waals surface area (Å²) in [7, 11) is 1.78. The van der Waals surface area contributed by atoms with Crippen LogP contribution in [0.15, 0.2) is 6.20 Å². The molecule has 1 fully saturated rings. The van der Waals surface area contributed by atoms with Crippen LogP contribution in [-0.2, 0) is 11.3 Å². The molecule has 1 heterocycles. The van der Waals surface area contributed by atoms with Crippen molar-refractivity contribution in [2.45, 2.75) is 38.6 Å². The predicted molar refractivity (Wildman–Crippen MR) is 71.2 cm³/mol. The molecule has 0 saturated heterocycles. The molecule has 0 aromatic carbocycles. The molecular formula is C13H20N4O3. The van der Waals surface area contributed by atoms with Crippen molar-refractivity contribution < 1.29 is 14.7 Å². The number of hydrogen-bond acceptors (Lipinski definition) is 4. The smallest absolute Gasteiger partial charge is 0.358 e.